The van der Waals surface area contributed by atoms with Gasteiger partial charge in [0.15, 0.2) is 0 Å². The monoisotopic (exact) mass is 263 g/mol. The molecule has 1 aromatic rings. The zero-order chi connectivity index (χ0) is 13.7. The summed E-state index contributed by atoms with van der Waals surface area (Å²) in [5.41, 5.74) is 7.10. The van der Waals surface area contributed by atoms with Crippen molar-refractivity contribution in [1.82, 2.24) is 9.88 Å². The maximum absolute atomic E-state index is 6.00. The molecule has 2 atom stereocenters. The van der Waals surface area contributed by atoms with Crippen molar-refractivity contribution in [3.63, 3.8) is 0 Å². The van der Waals surface area contributed by atoms with Crippen LogP contribution in [0.4, 0.5) is 0 Å². The van der Waals surface area contributed by atoms with Crippen molar-refractivity contribution in [1.29, 1.82) is 0 Å². The van der Waals surface area contributed by atoms with Crippen molar-refractivity contribution < 1.29 is 4.74 Å². The molecule has 1 aliphatic rings. The van der Waals surface area contributed by atoms with E-state index in [0.717, 1.165) is 25.3 Å². The number of hydrogen-bond acceptors (Lipinski definition) is 4. The van der Waals surface area contributed by atoms with Crippen molar-refractivity contribution in [3.8, 4) is 5.88 Å². The van der Waals surface area contributed by atoms with Crippen LogP contribution in [0.25, 0.3) is 0 Å². The molecule has 1 aromatic heterocycles. The van der Waals surface area contributed by atoms with Gasteiger partial charge in [-0.3, -0.25) is 4.90 Å². The molecule has 1 fully saturated rings. The zero-order valence-corrected chi connectivity index (χ0v) is 12.0. The Morgan fingerprint density at radius 1 is 1.42 bits per heavy atom. The van der Waals surface area contributed by atoms with Crippen LogP contribution in [-0.2, 0) is 0 Å². The van der Waals surface area contributed by atoms with Crippen LogP contribution in [0.15, 0.2) is 18.2 Å². The molecule has 106 valence electrons. The maximum atomic E-state index is 6.00. The van der Waals surface area contributed by atoms with Gasteiger partial charge in [0.25, 0.3) is 0 Å². The molecule has 2 N–H and O–H groups in total. The van der Waals surface area contributed by atoms with Crippen molar-refractivity contribution in [2.75, 3.05) is 26.7 Å². The van der Waals surface area contributed by atoms with Gasteiger partial charge in [-0.1, -0.05) is 19.4 Å². The standard InChI is InChI=1S/C15H25N3O/c1-3-18-10-5-4-7-12(11-16)15(18)13-8-6-9-14(17-13)19-2/h6,8-9,12,15H,3-5,7,10-11,16H2,1-2H3. The first-order chi connectivity index (χ1) is 9.30. The Kier molecular flexibility index (Phi) is 5.16. The molecule has 4 nitrogen and oxygen atoms in total. The van der Waals surface area contributed by atoms with Crippen molar-refractivity contribution in [3.05, 3.63) is 23.9 Å². The highest BCUT2D eigenvalue weighted by molar-refractivity contribution is 5.19. The summed E-state index contributed by atoms with van der Waals surface area (Å²) < 4.78 is 5.25. The van der Waals surface area contributed by atoms with Gasteiger partial charge >= 0.3 is 0 Å². The molecule has 0 bridgehead atoms. The second-order valence-corrected chi connectivity index (χ2v) is 5.17. The highest BCUT2D eigenvalue weighted by Gasteiger charge is 2.30. The van der Waals surface area contributed by atoms with Crippen molar-refractivity contribution >= 4 is 0 Å². The Bertz CT molecular complexity index is 383. The van der Waals surface area contributed by atoms with Gasteiger partial charge in [0.05, 0.1) is 18.8 Å². The van der Waals surface area contributed by atoms with Gasteiger partial charge in [-0.15, -0.1) is 0 Å². The summed E-state index contributed by atoms with van der Waals surface area (Å²) in [6.07, 6.45) is 3.71. The molecule has 0 spiro atoms. The molecule has 2 unspecified atom stereocenters. The third kappa shape index (κ3) is 3.25. The molecule has 0 saturated carbocycles. The Labute approximate surface area is 116 Å². The predicted octanol–water partition coefficient (Wildman–Crippen LogP) is 2.21. The highest BCUT2D eigenvalue weighted by atomic mass is 16.5. The van der Waals surface area contributed by atoms with Crippen LogP contribution in [0.3, 0.4) is 0 Å². The number of ether oxygens (including phenoxy) is 1. The predicted molar refractivity (Wildman–Crippen MR) is 77.2 cm³/mol. The van der Waals surface area contributed by atoms with Gasteiger partial charge in [-0.2, -0.15) is 0 Å². The van der Waals surface area contributed by atoms with Crippen LogP contribution >= 0.6 is 0 Å². The first kappa shape index (κ1) is 14.3. The molecule has 2 rings (SSSR count). The Balaban J connectivity index is 2.33. The summed E-state index contributed by atoms with van der Waals surface area (Å²) in [6, 6.07) is 6.35. The largest absolute Gasteiger partial charge is 0.481 e. The van der Waals surface area contributed by atoms with Crippen molar-refractivity contribution in [2.45, 2.75) is 32.2 Å². The normalized spacial score (nSPS) is 25.0. The number of rotatable bonds is 4. The van der Waals surface area contributed by atoms with E-state index in [-0.39, 0.29) is 0 Å². The van der Waals surface area contributed by atoms with E-state index in [4.69, 9.17) is 10.5 Å². The number of nitrogens with zero attached hydrogens (tertiary/aromatic N) is 2. The van der Waals surface area contributed by atoms with Crippen LogP contribution in [-0.4, -0.2) is 36.6 Å². The first-order valence-corrected chi connectivity index (χ1v) is 7.25. The summed E-state index contributed by atoms with van der Waals surface area (Å²) in [7, 11) is 1.66. The van der Waals surface area contributed by atoms with Gasteiger partial charge in [0, 0.05) is 6.07 Å². The van der Waals surface area contributed by atoms with E-state index in [1.807, 2.05) is 12.1 Å². The molecule has 0 aromatic carbocycles. The molecule has 19 heavy (non-hydrogen) atoms. The molecule has 0 aliphatic carbocycles. The van der Waals surface area contributed by atoms with Crippen LogP contribution in [0.5, 0.6) is 5.88 Å². The summed E-state index contributed by atoms with van der Waals surface area (Å²) in [6.45, 7) is 5.11. The summed E-state index contributed by atoms with van der Waals surface area (Å²) >= 11 is 0. The van der Waals surface area contributed by atoms with Gasteiger partial charge in [-0.05, 0) is 44.5 Å². The minimum absolute atomic E-state index is 0.326. The van der Waals surface area contributed by atoms with E-state index >= 15 is 0 Å². The molecule has 2 heterocycles. The molecule has 0 amide bonds. The third-order valence-corrected chi connectivity index (χ3v) is 4.08. The summed E-state index contributed by atoms with van der Waals surface area (Å²) in [5, 5.41) is 0. The number of aromatic nitrogens is 1. The highest BCUT2D eigenvalue weighted by Crippen LogP contribution is 2.34. The van der Waals surface area contributed by atoms with Crippen LogP contribution in [0.1, 0.15) is 37.9 Å². The summed E-state index contributed by atoms with van der Waals surface area (Å²) in [4.78, 5) is 7.14. The molecule has 0 radical (unpaired) electrons. The van der Waals surface area contributed by atoms with Gasteiger partial charge < -0.3 is 10.5 Å². The second kappa shape index (κ2) is 6.87. The Morgan fingerprint density at radius 2 is 2.26 bits per heavy atom. The quantitative estimate of drug-likeness (QED) is 0.905. The van der Waals surface area contributed by atoms with Crippen molar-refractivity contribution in [2.24, 2.45) is 11.7 Å². The Morgan fingerprint density at radius 3 is 2.95 bits per heavy atom. The average molecular weight is 263 g/mol. The lowest BCUT2D eigenvalue weighted by atomic mass is 9.92. The summed E-state index contributed by atoms with van der Waals surface area (Å²) in [5.74, 6) is 1.18. The van der Waals surface area contributed by atoms with E-state index < -0.39 is 0 Å². The van der Waals surface area contributed by atoms with Gasteiger partial charge in [0.2, 0.25) is 5.88 Å². The van der Waals surface area contributed by atoms with E-state index in [1.54, 1.807) is 7.11 Å². The van der Waals surface area contributed by atoms with Crippen LogP contribution < -0.4 is 10.5 Å². The minimum atomic E-state index is 0.326. The van der Waals surface area contributed by atoms with Gasteiger partial charge in [-0.25, -0.2) is 4.98 Å². The smallest absolute Gasteiger partial charge is 0.213 e. The number of pyridine rings is 1. The lowest BCUT2D eigenvalue weighted by Crippen LogP contribution is -2.36. The van der Waals surface area contributed by atoms with E-state index in [2.05, 4.69) is 22.9 Å². The van der Waals surface area contributed by atoms with Gasteiger partial charge in [0.1, 0.15) is 0 Å². The SMILES string of the molecule is CCN1CCCCC(CN)C1c1cccc(OC)n1. The maximum Gasteiger partial charge on any atom is 0.213 e. The Hall–Kier alpha value is -1.13. The average Bonchev–Trinajstić information content (AvgIpc) is 2.68. The molecular weight excluding hydrogens is 238 g/mol. The lowest BCUT2D eigenvalue weighted by molar-refractivity contribution is 0.162. The molecule has 1 aliphatic heterocycles. The zero-order valence-electron chi connectivity index (χ0n) is 12.0. The second-order valence-electron chi connectivity index (χ2n) is 5.17. The molecule has 1 saturated heterocycles. The number of hydrogen-bond donors (Lipinski definition) is 1. The molecule has 4 heteroatoms. The van der Waals surface area contributed by atoms with E-state index in [1.165, 1.54) is 19.3 Å². The van der Waals surface area contributed by atoms with Crippen LogP contribution in [0, 0.1) is 5.92 Å². The molecular formula is C15H25N3O. The first-order valence-electron chi connectivity index (χ1n) is 7.25. The third-order valence-electron chi connectivity index (χ3n) is 4.08. The fraction of sp³-hybridized carbons (Fsp3) is 0.667. The number of methoxy groups -OCH3 is 1. The fourth-order valence-electron chi connectivity index (χ4n) is 3.06. The lowest BCUT2D eigenvalue weighted by Gasteiger charge is -2.33. The van der Waals surface area contributed by atoms with E-state index in [0.29, 0.717) is 17.8 Å². The minimum Gasteiger partial charge on any atom is -0.481 e. The van der Waals surface area contributed by atoms with E-state index in [9.17, 15) is 0 Å². The van der Waals surface area contributed by atoms with Crippen LogP contribution in [0.2, 0.25) is 0 Å². The fourth-order valence-corrected chi connectivity index (χ4v) is 3.06. The topological polar surface area (TPSA) is 51.4 Å². The number of likely N-dealkylation sites (tertiary alicyclic amines) is 1. The number of nitrogens with two attached hydrogens (primary N) is 1.